The lowest BCUT2D eigenvalue weighted by molar-refractivity contribution is -0.145. The van der Waals surface area contributed by atoms with Crippen molar-refractivity contribution in [1.82, 2.24) is 10.3 Å². The van der Waals surface area contributed by atoms with Crippen molar-refractivity contribution >= 4 is 39.1 Å². The standard InChI is InChI=1S/C23H24N4O3S/c24-16-12-27(13-16)17-5-6-19-18(7-17)26-20(31-19)11-25-22(30)23(10-21(28)29)8-14-3-1-2-4-15(14)9-23/h1-7,16H,8-13,24H2,(H,25,30)(H,28,29). The van der Waals surface area contributed by atoms with Crippen molar-refractivity contribution in [3.63, 3.8) is 0 Å². The van der Waals surface area contributed by atoms with Crippen molar-refractivity contribution in [2.75, 3.05) is 18.0 Å². The van der Waals surface area contributed by atoms with Gasteiger partial charge in [0.2, 0.25) is 5.91 Å². The van der Waals surface area contributed by atoms with Crippen LogP contribution in [0.3, 0.4) is 0 Å². The van der Waals surface area contributed by atoms with Gasteiger partial charge in [-0.25, -0.2) is 4.98 Å². The molecule has 2 aromatic carbocycles. The predicted molar refractivity (Wildman–Crippen MR) is 120 cm³/mol. The molecule has 2 heterocycles. The van der Waals surface area contributed by atoms with Gasteiger partial charge in [-0.3, -0.25) is 9.59 Å². The van der Waals surface area contributed by atoms with Gasteiger partial charge in [0.1, 0.15) is 5.01 Å². The van der Waals surface area contributed by atoms with Crippen LogP contribution < -0.4 is 16.0 Å². The van der Waals surface area contributed by atoms with E-state index >= 15 is 0 Å². The summed E-state index contributed by atoms with van der Waals surface area (Å²) in [6, 6.07) is 14.2. The molecule has 0 saturated carbocycles. The molecule has 3 aromatic rings. The Hall–Kier alpha value is -2.97. The summed E-state index contributed by atoms with van der Waals surface area (Å²) in [5.41, 5.74) is 9.05. The first-order valence-electron chi connectivity index (χ1n) is 10.4. The van der Waals surface area contributed by atoms with Crippen LogP contribution in [0, 0.1) is 5.41 Å². The Labute approximate surface area is 183 Å². The number of nitrogens with zero attached hydrogens (tertiary/aromatic N) is 2. The fourth-order valence-electron chi connectivity index (χ4n) is 4.65. The number of fused-ring (bicyclic) bond motifs is 2. The third-order valence-electron chi connectivity index (χ3n) is 6.24. The van der Waals surface area contributed by atoms with Crippen LogP contribution in [-0.2, 0) is 29.0 Å². The van der Waals surface area contributed by atoms with Crippen molar-refractivity contribution in [3.05, 3.63) is 58.6 Å². The zero-order chi connectivity index (χ0) is 21.6. The Morgan fingerprint density at radius 3 is 2.55 bits per heavy atom. The lowest BCUT2D eigenvalue weighted by Gasteiger charge is -2.38. The number of amides is 1. The number of carbonyl (C=O) groups excluding carboxylic acids is 1. The molecule has 0 atom stereocenters. The molecular weight excluding hydrogens is 412 g/mol. The van der Waals surface area contributed by atoms with Crippen molar-refractivity contribution in [1.29, 1.82) is 0 Å². The number of carbonyl (C=O) groups is 2. The molecule has 0 radical (unpaired) electrons. The first-order chi connectivity index (χ1) is 14.9. The highest BCUT2D eigenvalue weighted by molar-refractivity contribution is 7.18. The van der Waals surface area contributed by atoms with Gasteiger partial charge >= 0.3 is 5.97 Å². The minimum atomic E-state index is -0.957. The van der Waals surface area contributed by atoms with Gasteiger partial charge in [0.25, 0.3) is 0 Å². The van der Waals surface area contributed by atoms with E-state index in [0.717, 1.165) is 45.1 Å². The third-order valence-corrected chi connectivity index (χ3v) is 7.27. The van der Waals surface area contributed by atoms with Crippen LogP contribution in [0.15, 0.2) is 42.5 Å². The normalized spacial score (nSPS) is 17.4. The second-order valence-corrected chi connectivity index (χ2v) is 9.70. The first-order valence-corrected chi connectivity index (χ1v) is 11.2. The van der Waals surface area contributed by atoms with E-state index in [1.807, 2.05) is 24.3 Å². The highest BCUT2D eigenvalue weighted by atomic mass is 32.1. The molecule has 1 aliphatic carbocycles. The van der Waals surface area contributed by atoms with E-state index in [9.17, 15) is 14.7 Å². The minimum Gasteiger partial charge on any atom is -0.481 e. The monoisotopic (exact) mass is 436 g/mol. The Morgan fingerprint density at radius 1 is 1.19 bits per heavy atom. The SMILES string of the molecule is NC1CN(c2ccc3sc(CNC(=O)C4(CC(=O)O)Cc5ccccc5C4)nc3c2)C1. The lowest BCUT2D eigenvalue weighted by atomic mass is 9.80. The maximum atomic E-state index is 13.2. The summed E-state index contributed by atoms with van der Waals surface area (Å²) in [6.45, 7) is 2.00. The van der Waals surface area contributed by atoms with Crippen LogP contribution in [0.1, 0.15) is 22.6 Å². The lowest BCUT2D eigenvalue weighted by Crippen LogP contribution is -2.55. The zero-order valence-electron chi connectivity index (χ0n) is 17.0. The number of benzene rings is 2. The molecule has 7 nitrogen and oxygen atoms in total. The molecule has 5 rings (SSSR count). The second kappa shape index (κ2) is 7.62. The van der Waals surface area contributed by atoms with Crippen LogP contribution >= 0.6 is 11.3 Å². The highest BCUT2D eigenvalue weighted by Crippen LogP contribution is 2.40. The fraction of sp³-hybridized carbons (Fsp3) is 0.348. The van der Waals surface area contributed by atoms with Gasteiger partial charge in [-0.05, 0) is 42.2 Å². The molecule has 31 heavy (non-hydrogen) atoms. The van der Waals surface area contributed by atoms with Crippen LogP contribution in [0.4, 0.5) is 5.69 Å². The number of hydrogen-bond acceptors (Lipinski definition) is 6. The van der Waals surface area contributed by atoms with Crippen molar-refractivity contribution in [3.8, 4) is 0 Å². The quantitative estimate of drug-likeness (QED) is 0.547. The number of thiazole rings is 1. The summed E-state index contributed by atoms with van der Waals surface area (Å²) in [5, 5.41) is 13.2. The Morgan fingerprint density at radius 2 is 1.90 bits per heavy atom. The molecule has 1 aliphatic heterocycles. The van der Waals surface area contributed by atoms with Crippen molar-refractivity contribution < 1.29 is 14.7 Å². The number of aliphatic carboxylic acids is 1. The molecule has 1 fully saturated rings. The predicted octanol–water partition coefficient (Wildman–Crippen LogP) is 2.32. The van der Waals surface area contributed by atoms with E-state index in [0.29, 0.717) is 19.4 Å². The van der Waals surface area contributed by atoms with Crippen LogP contribution in [0.2, 0.25) is 0 Å². The smallest absolute Gasteiger partial charge is 0.304 e. The number of carboxylic acid groups (broad SMARTS) is 1. The molecule has 160 valence electrons. The largest absolute Gasteiger partial charge is 0.481 e. The molecule has 1 saturated heterocycles. The van der Waals surface area contributed by atoms with E-state index in [4.69, 9.17) is 5.73 Å². The summed E-state index contributed by atoms with van der Waals surface area (Å²) in [7, 11) is 0. The highest BCUT2D eigenvalue weighted by Gasteiger charge is 2.45. The Kier molecular flexibility index (Phi) is 4.91. The molecule has 0 spiro atoms. The number of nitrogens with two attached hydrogens (primary N) is 1. The van der Waals surface area contributed by atoms with E-state index in [1.54, 1.807) is 11.3 Å². The molecule has 1 amide bonds. The molecule has 8 heteroatoms. The fourth-order valence-corrected chi connectivity index (χ4v) is 5.54. The Bertz CT molecular complexity index is 1140. The van der Waals surface area contributed by atoms with E-state index in [2.05, 4.69) is 33.4 Å². The van der Waals surface area contributed by atoms with Gasteiger partial charge in [-0.15, -0.1) is 11.3 Å². The number of rotatable bonds is 6. The number of anilines is 1. The molecule has 4 N–H and O–H groups in total. The molecular formula is C23H24N4O3S. The van der Waals surface area contributed by atoms with Crippen LogP contribution in [0.5, 0.6) is 0 Å². The van der Waals surface area contributed by atoms with Crippen LogP contribution in [-0.4, -0.2) is 41.1 Å². The number of hydrogen-bond donors (Lipinski definition) is 3. The summed E-state index contributed by atoms with van der Waals surface area (Å²) in [4.78, 5) is 31.6. The van der Waals surface area contributed by atoms with Crippen molar-refractivity contribution in [2.45, 2.75) is 31.8 Å². The molecule has 0 bridgehead atoms. The third kappa shape index (κ3) is 3.77. The maximum absolute atomic E-state index is 13.2. The van der Waals surface area contributed by atoms with Gasteiger partial charge < -0.3 is 21.1 Å². The molecule has 0 unspecified atom stereocenters. The van der Waals surface area contributed by atoms with Gasteiger partial charge in [0.15, 0.2) is 0 Å². The average Bonchev–Trinajstić information content (AvgIpc) is 3.29. The summed E-state index contributed by atoms with van der Waals surface area (Å²) in [5.74, 6) is -1.18. The second-order valence-electron chi connectivity index (χ2n) is 8.58. The molecule has 2 aliphatic rings. The zero-order valence-corrected chi connectivity index (χ0v) is 17.8. The number of aromatic nitrogens is 1. The van der Waals surface area contributed by atoms with Gasteiger partial charge in [-0.2, -0.15) is 0 Å². The summed E-state index contributed by atoms with van der Waals surface area (Å²) < 4.78 is 1.06. The average molecular weight is 437 g/mol. The number of nitrogens with one attached hydrogen (secondary N) is 1. The molecule has 1 aromatic heterocycles. The first kappa shape index (κ1) is 20.0. The Balaban J connectivity index is 1.31. The maximum Gasteiger partial charge on any atom is 0.304 e. The van der Waals surface area contributed by atoms with E-state index < -0.39 is 11.4 Å². The number of carboxylic acids is 1. The van der Waals surface area contributed by atoms with E-state index in [1.165, 1.54) is 0 Å². The topological polar surface area (TPSA) is 109 Å². The van der Waals surface area contributed by atoms with E-state index in [-0.39, 0.29) is 18.4 Å². The van der Waals surface area contributed by atoms with Crippen molar-refractivity contribution in [2.24, 2.45) is 11.1 Å². The van der Waals surface area contributed by atoms with Gasteiger partial charge in [0.05, 0.1) is 28.6 Å². The van der Waals surface area contributed by atoms with Gasteiger partial charge in [-0.1, -0.05) is 24.3 Å². The summed E-state index contributed by atoms with van der Waals surface area (Å²) in [6.07, 6.45) is 0.708. The van der Waals surface area contributed by atoms with Gasteiger partial charge in [0, 0.05) is 24.8 Å². The van der Waals surface area contributed by atoms with Crippen LogP contribution in [0.25, 0.3) is 10.2 Å². The minimum absolute atomic E-state index is 0.186. The summed E-state index contributed by atoms with van der Waals surface area (Å²) >= 11 is 1.54.